The summed E-state index contributed by atoms with van der Waals surface area (Å²) in [6.45, 7) is 0. The van der Waals surface area contributed by atoms with Crippen LogP contribution in [0.1, 0.15) is 24.2 Å². The van der Waals surface area contributed by atoms with Crippen molar-refractivity contribution < 1.29 is 26.3 Å². The molecule has 0 saturated heterocycles. The van der Waals surface area contributed by atoms with E-state index in [1.807, 2.05) is 0 Å². The first kappa shape index (κ1) is 18.5. The Morgan fingerprint density at radius 3 is 1.18 bits per heavy atom. The van der Waals surface area contributed by atoms with E-state index in [2.05, 4.69) is 9.97 Å². The zero-order chi connectivity index (χ0) is 20.0. The number of benzene rings is 2. The van der Waals surface area contributed by atoms with Crippen molar-refractivity contribution in [3.63, 3.8) is 0 Å². The molecule has 0 aliphatic heterocycles. The van der Waals surface area contributed by atoms with Crippen LogP contribution in [0.25, 0.3) is 22.5 Å². The van der Waals surface area contributed by atoms with Crippen molar-refractivity contribution in [3.05, 3.63) is 70.6 Å². The molecule has 28 heavy (non-hydrogen) atoms. The van der Waals surface area contributed by atoms with Crippen molar-refractivity contribution >= 4 is 0 Å². The van der Waals surface area contributed by atoms with Gasteiger partial charge in [-0.05, 0) is 49.9 Å². The summed E-state index contributed by atoms with van der Waals surface area (Å²) >= 11 is 0. The molecular formula is C20H12F6N2. The van der Waals surface area contributed by atoms with E-state index in [1.54, 1.807) is 0 Å². The van der Waals surface area contributed by atoms with E-state index in [1.165, 1.54) is 0 Å². The van der Waals surface area contributed by atoms with Crippen LogP contribution in [0.3, 0.4) is 0 Å². The summed E-state index contributed by atoms with van der Waals surface area (Å²) < 4.78 is 81.7. The summed E-state index contributed by atoms with van der Waals surface area (Å²) in [5, 5.41) is 0. The van der Waals surface area contributed by atoms with Gasteiger partial charge in [0.05, 0.1) is 22.8 Å². The third-order valence-corrected chi connectivity index (χ3v) is 4.64. The maximum atomic E-state index is 13.7. The van der Waals surface area contributed by atoms with Crippen molar-refractivity contribution in [3.8, 4) is 22.5 Å². The second-order valence-electron chi connectivity index (χ2n) is 6.53. The molecule has 2 nitrogen and oxygen atoms in total. The van der Waals surface area contributed by atoms with Crippen molar-refractivity contribution in [1.29, 1.82) is 0 Å². The monoisotopic (exact) mass is 394 g/mol. The predicted octanol–water partition coefficient (Wildman–Crippen LogP) is 5.52. The van der Waals surface area contributed by atoms with Crippen LogP contribution in [-0.2, 0) is 12.8 Å². The Bertz CT molecular complexity index is 964. The standard InChI is InChI=1S/C20H12F6N2/c21-11-5-9(6-12(22)17(11)25)19-20(10-7-13(23)18(26)14(24)8-10)28-16-4-2-1-3-15(16)27-19/h5-8H,1-4H2. The summed E-state index contributed by atoms with van der Waals surface area (Å²) in [6.07, 6.45) is 2.83. The Balaban J connectivity index is 2.00. The topological polar surface area (TPSA) is 25.8 Å². The number of rotatable bonds is 2. The lowest BCUT2D eigenvalue weighted by Crippen LogP contribution is -2.11. The Labute approximate surface area is 155 Å². The van der Waals surface area contributed by atoms with E-state index in [4.69, 9.17) is 0 Å². The van der Waals surface area contributed by atoms with E-state index in [0.29, 0.717) is 24.2 Å². The Kier molecular flexibility index (Phi) is 4.56. The van der Waals surface area contributed by atoms with Gasteiger partial charge in [-0.2, -0.15) is 0 Å². The van der Waals surface area contributed by atoms with Crippen molar-refractivity contribution in [2.45, 2.75) is 25.7 Å². The minimum atomic E-state index is -1.64. The van der Waals surface area contributed by atoms with Crippen molar-refractivity contribution in [2.24, 2.45) is 0 Å². The normalized spacial score (nSPS) is 13.5. The average molecular weight is 394 g/mol. The lowest BCUT2D eigenvalue weighted by atomic mass is 9.97. The molecule has 0 spiro atoms. The molecule has 0 atom stereocenters. The highest BCUT2D eigenvalue weighted by atomic mass is 19.2. The number of aryl methyl sites for hydroxylation is 2. The molecule has 3 aromatic rings. The van der Waals surface area contributed by atoms with Crippen LogP contribution in [0.15, 0.2) is 24.3 Å². The molecule has 0 unspecified atom stereocenters. The number of nitrogens with zero attached hydrogens (tertiary/aromatic N) is 2. The van der Waals surface area contributed by atoms with Crippen LogP contribution < -0.4 is 0 Å². The number of hydrogen-bond donors (Lipinski definition) is 0. The molecule has 0 N–H and O–H groups in total. The molecule has 1 aromatic heterocycles. The van der Waals surface area contributed by atoms with Crippen LogP contribution in [-0.4, -0.2) is 9.97 Å². The molecule has 144 valence electrons. The molecule has 0 amide bonds. The van der Waals surface area contributed by atoms with Crippen LogP contribution >= 0.6 is 0 Å². The maximum Gasteiger partial charge on any atom is 0.194 e. The van der Waals surface area contributed by atoms with E-state index >= 15 is 0 Å². The second-order valence-corrected chi connectivity index (χ2v) is 6.53. The van der Waals surface area contributed by atoms with Gasteiger partial charge in [0.2, 0.25) is 0 Å². The van der Waals surface area contributed by atoms with E-state index in [-0.39, 0.29) is 22.5 Å². The highest BCUT2D eigenvalue weighted by molar-refractivity contribution is 5.78. The molecule has 1 aliphatic carbocycles. The van der Waals surface area contributed by atoms with Gasteiger partial charge in [0.25, 0.3) is 0 Å². The second kappa shape index (κ2) is 6.92. The van der Waals surface area contributed by atoms with Crippen molar-refractivity contribution in [1.82, 2.24) is 9.97 Å². The lowest BCUT2D eigenvalue weighted by molar-refractivity contribution is 0.447. The molecule has 4 rings (SSSR count). The molecule has 8 heteroatoms. The summed E-state index contributed by atoms with van der Waals surface area (Å²) in [6, 6.07) is 2.93. The third kappa shape index (κ3) is 3.12. The largest absolute Gasteiger partial charge is 0.249 e. The molecular weight excluding hydrogens is 382 g/mol. The van der Waals surface area contributed by atoms with Crippen LogP contribution in [0.4, 0.5) is 26.3 Å². The van der Waals surface area contributed by atoms with E-state index < -0.39 is 34.9 Å². The highest BCUT2D eigenvalue weighted by Gasteiger charge is 2.23. The maximum absolute atomic E-state index is 13.7. The number of hydrogen-bond acceptors (Lipinski definition) is 2. The average Bonchev–Trinajstić information content (AvgIpc) is 2.68. The van der Waals surface area contributed by atoms with E-state index in [0.717, 1.165) is 37.1 Å². The number of aromatic nitrogens is 2. The first-order valence-electron chi connectivity index (χ1n) is 8.54. The smallest absolute Gasteiger partial charge is 0.194 e. The summed E-state index contributed by atoms with van der Waals surface area (Å²) in [5.74, 6) is -9.02. The van der Waals surface area contributed by atoms with Gasteiger partial charge in [0.1, 0.15) is 0 Å². The lowest BCUT2D eigenvalue weighted by Gasteiger charge is -2.18. The van der Waals surface area contributed by atoms with Crippen LogP contribution in [0, 0.1) is 34.9 Å². The fourth-order valence-corrected chi connectivity index (χ4v) is 3.28. The quantitative estimate of drug-likeness (QED) is 0.422. The molecule has 0 bridgehead atoms. The molecule has 0 radical (unpaired) electrons. The SMILES string of the molecule is Fc1cc(-c2nc3c(nc2-c2cc(F)c(F)c(F)c2)CCCC3)cc(F)c1F. The van der Waals surface area contributed by atoms with Gasteiger partial charge >= 0.3 is 0 Å². The van der Waals surface area contributed by atoms with Gasteiger partial charge in [0, 0.05) is 11.1 Å². The van der Waals surface area contributed by atoms with Gasteiger partial charge in [-0.15, -0.1) is 0 Å². The van der Waals surface area contributed by atoms with Crippen LogP contribution in [0.5, 0.6) is 0 Å². The minimum Gasteiger partial charge on any atom is -0.249 e. The molecule has 0 fully saturated rings. The Hall–Kier alpha value is -2.90. The molecule has 1 heterocycles. The van der Waals surface area contributed by atoms with Crippen molar-refractivity contribution in [2.75, 3.05) is 0 Å². The highest BCUT2D eigenvalue weighted by Crippen LogP contribution is 2.34. The first-order chi connectivity index (χ1) is 13.3. The van der Waals surface area contributed by atoms with Gasteiger partial charge < -0.3 is 0 Å². The Morgan fingerprint density at radius 1 is 0.536 bits per heavy atom. The summed E-state index contributed by atoms with van der Waals surface area (Å²) in [4.78, 5) is 8.79. The zero-order valence-electron chi connectivity index (χ0n) is 14.3. The molecule has 2 aromatic carbocycles. The number of halogens is 6. The van der Waals surface area contributed by atoms with Gasteiger partial charge in [0.15, 0.2) is 34.9 Å². The van der Waals surface area contributed by atoms with Gasteiger partial charge in [-0.1, -0.05) is 0 Å². The van der Waals surface area contributed by atoms with Crippen LogP contribution in [0.2, 0.25) is 0 Å². The fourth-order valence-electron chi connectivity index (χ4n) is 3.28. The Morgan fingerprint density at radius 2 is 0.857 bits per heavy atom. The fraction of sp³-hybridized carbons (Fsp3) is 0.200. The third-order valence-electron chi connectivity index (χ3n) is 4.64. The predicted molar refractivity (Wildman–Crippen MR) is 89.3 cm³/mol. The number of fused-ring (bicyclic) bond motifs is 1. The van der Waals surface area contributed by atoms with E-state index in [9.17, 15) is 26.3 Å². The summed E-state index contributed by atoms with van der Waals surface area (Å²) in [5.41, 5.74) is 0.777. The zero-order valence-corrected chi connectivity index (χ0v) is 14.3. The van der Waals surface area contributed by atoms with Gasteiger partial charge in [-0.3, -0.25) is 0 Å². The molecule has 0 saturated carbocycles. The first-order valence-corrected chi connectivity index (χ1v) is 8.54. The van der Waals surface area contributed by atoms with Gasteiger partial charge in [-0.25, -0.2) is 36.3 Å². The summed E-state index contributed by atoms with van der Waals surface area (Å²) in [7, 11) is 0. The minimum absolute atomic E-state index is 0.0659. The molecule has 1 aliphatic rings.